The third kappa shape index (κ3) is 4.83. The highest BCUT2D eigenvalue weighted by Gasteiger charge is 2.45. The quantitative estimate of drug-likeness (QED) is 0.571. The first-order valence-corrected chi connectivity index (χ1v) is 13.5. The summed E-state index contributed by atoms with van der Waals surface area (Å²) in [5, 5.41) is 7.01. The minimum atomic E-state index is -4.29. The fourth-order valence-electron chi connectivity index (χ4n) is 3.14. The molecule has 3 unspecified atom stereocenters. The van der Waals surface area contributed by atoms with Gasteiger partial charge in [-0.25, -0.2) is 30.0 Å². The molecule has 0 aliphatic carbocycles. The van der Waals surface area contributed by atoms with Crippen molar-refractivity contribution in [3.63, 3.8) is 0 Å². The van der Waals surface area contributed by atoms with E-state index in [-0.39, 0.29) is 10.5 Å². The van der Waals surface area contributed by atoms with Gasteiger partial charge in [0, 0.05) is 18.9 Å². The van der Waals surface area contributed by atoms with Gasteiger partial charge in [0.15, 0.2) is 19.7 Å². The third-order valence-corrected chi connectivity index (χ3v) is 10.5. The Hall–Kier alpha value is -1.86. The number of nitrogens with one attached hydrogen (secondary N) is 1. The van der Waals surface area contributed by atoms with Crippen molar-refractivity contribution in [1.82, 2.24) is 9.71 Å². The van der Waals surface area contributed by atoms with Gasteiger partial charge < -0.3 is 5.11 Å². The fourth-order valence-corrected chi connectivity index (χ4v) is 9.11. The first-order valence-electron chi connectivity index (χ1n) is 8.59. The van der Waals surface area contributed by atoms with Crippen molar-refractivity contribution in [2.75, 3.05) is 18.1 Å². The molecule has 29 heavy (non-hydrogen) atoms. The molecule has 0 spiro atoms. The molecular formula is C17H20N2O7S3. The van der Waals surface area contributed by atoms with Crippen LogP contribution in [-0.4, -0.2) is 64.7 Å². The number of sulfone groups is 2. The summed E-state index contributed by atoms with van der Waals surface area (Å²) in [4.78, 5) is 3.92. The lowest BCUT2D eigenvalue weighted by molar-refractivity contribution is 0.203. The van der Waals surface area contributed by atoms with E-state index in [0.717, 1.165) is 0 Å². The molecule has 2 heterocycles. The number of benzene rings is 1. The Labute approximate surface area is 169 Å². The predicted octanol–water partition coefficient (Wildman–Crippen LogP) is -0.326. The smallest absolute Gasteiger partial charge is 0.218 e. The van der Waals surface area contributed by atoms with E-state index >= 15 is 0 Å². The van der Waals surface area contributed by atoms with Crippen LogP contribution in [0.25, 0.3) is 0 Å². The standard InChI is InChI=1S/C17H20N2O7S3/c20-15-11-27(21,22)12-17(15)29(25,26)19-10-16(13-5-4-8-18-9-13)28(23,24)14-6-2-1-3-7-14/h1-9,15-17,19-20H,10-12H2. The molecule has 0 bridgehead atoms. The van der Waals surface area contributed by atoms with E-state index in [1.54, 1.807) is 18.2 Å². The van der Waals surface area contributed by atoms with Gasteiger partial charge in [-0.05, 0) is 23.8 Å². The lowest BCUT2D eigenvalue weighted by Crippen LogP contribution is -2.43. The van der Waals surface area contributed by atoms with E-state index < -0.39 is 64.4 Å². The molecular weight excluding hydrogens is 440 g/mol. The third-order valence-electron chi connectivity index (χ3n) is 4.64. The highest BCUT2D eigenvalue weighted by Crippen LogP contribution is 2.29. The number of aliphatic hydroxyl groups is 1. The molecule has 3 rings (SSSR count). The zero-order chi connectivity index (χ0) is 21.3. The van der Waals surface area contributed by atoms with E-state index in [9.17, 15) is 30.4 Å². The Morgan fingerprint density at radius 2 is 1.76 bits per heavy atom. The van der Waals surface area contributed by atoms with E-state index in [2.05, 4.69) is 9.71 Å². The van der Waals surface area contributed by atoms with Gasteiger partial charge in [-0.3, -0.25) is 4.98 Å². The van der Waals surface area contributed by atoms with Crippen LogP contribution in [0.2, 0.25) is 0 Å². The molecule has 2 aromatic rings. The molecule has 158 valence electrons. The van der Waals surface area contributed by atoms with Crippen molar-refractivity contribution < 1.29 is 30.4 Å². The Balaban J connectivity index is 1.91. The van der Waals surface area contributed by atoms with Gasteiger partial charge in [0.2, 0.25) is 10.0 Å². The summed E-state index contributed by atoms with van der Waals surface area (Å²) in [5.74, 6) is -1.36. The van der Waals surface area contributed by atoms with Crippen LogP contribution in [0.3, 0.4) is 0 Å². The second-order valence-electron chi connectivity index (χ2n) is 6.71. The maximum atomic E-state index is 13.1. The van der Waals surface area contributed by atoms with E-state index in [0.29, 0.717) is 0 Å². The summed E-state index contributed by atoms with van der Waals surface area (Å²) in [7, 11) is -12.0. The summed E-state index contributed by atoms with van der Waals surface area (Å²) in [6, 6.07) is 10.6. The molecule has 2 N–H and O–H groups in total. The van der Waals surface area contributed by atoms with Gasteiger partial charge in [0.1, 0.15) is 10.5 Å². The van der Waals surface area contributed by atoms with E-state index in [4.69, 9.17) is 0 Å². The van der Waals surface area contributed by atoms with Crippen LogP contribution >= 0.6 is 0 Å². The van der Waals surface area contributed by atoms with Crippen molar-refractivity contribution in [3.05, 3.63) is 60.4 Å². The first-order chi connectivity index (χ1) is 13.5. The Morgan fingerprint density at radius 3 is 2.31 bits per heavy atom. The van der Waals surface area contributed by atoms with Crippen molar-refractivity contribution in [2.24, 2.45) is 0 Å². The number of rotatable bonds is 7. The highest BCUT2D eigenvalue weighted by molar-refractivity contribution is 7.95. The van der Waals surface area contributed by atoms with Gasteiger partial charge in [-0.15, -0.1) is 0 Å². The molecule has 1 aromatic carbocycles. The van der Waals surface area contributed by atoms with Gasteiger partial charge >= 0.3 is 0 Å². The van der Waals surface area contributed by atoms with E-state index in [1.165, 1.54) is 36.7 Å². The van der Waals surface area contributed by atoms with Crippen molar-refractivity contribution in [2.45, 2.75) is 21.5 Å². The normalized spacial score (nSPS) is 22.9. The molecule has 1 aliphatic heterocycles. The zero-order valence-corrected chi connectivity index (χ0v) is 17.6. The summed E-state index contributed by atoms with van der Waals surface area (Å²) in [5.41, 5.74) is 0.277. The lowest BCUT2D eigenvalue weighted by atomic mass is 10.2. The molecule has 12 heteroatoms. The zero-order valence-electron chi connectivity index (χ0n) is 15.1. The number of pyridine rings is 1. The Kier molecular flexibility index (Phi) is 6.11. The number of aromatic nitrogens is 1. The molecule has 1 aliphatic rings. The van der Waals surface area contributed by atoms with Crippen molar-refractivity contribution in [3.8, 4) is 0 Å². The van der Waals surface area contributed by atoms with Crippen LogP contribution in [0.4, 0.5) is 0 Å². The van der Waals surface area contributed by atoms with Crippen molar-refractivity contribution in [1.29, 1.82) is 0 Å². The molecule has 1 fully saturated rings. The highest BCUT2D eigenvalue weighted by atomic mass is 32.2. The van der Waals surface area contributed by atoms with Crippen LogP contribution in [0.1, 0.15) is 10.8 Å². The maximum Gasteiger partial charge on any atom is 0.218 e. The van der Waals surface area contributed by atoms with Gasteiger partial charge in [0.25, 0.3) is 0 Å². The maximum absolute atomic E-state index is 13.1. The number of nitrogens with zero attached hydrogens (tertiary/aromatic N) is 1. The predicted molar refractivity (Wildman–Crippen MR) is 106 cm³/mol. The number of hydrogen-bond donors (Lipinski definition) is 2. The fraction of sp³-hybridized carbons (Fsp3) is 0.353. The molecule has 9 nitrogen and oxygen atoms in total. The molecule has 0 radical (unpaired) electrons. The van der Waals surface area contributed by atoms with Gasteiger partial charge in [-0.1, -0.05) is 24.3 Å². The second-order valence-corrected chi connectivity index (χ2v) is 13.0. The summed E-state index contributed by atoms with van der Waals surface area (Å²) >= 11 is 0. The first kappa shape index (κ1) is 21.8. The molecule has 1 saturated heterocycles. The summed E-state index contributed by atoms with van der Waals surface area (Å²) in [6.45, 7) is -0.533. The minimum absolute atomic E-state index is 0.0107. The SMILES string of the molecule is O=S1(=O)CC(O)C(S(=O)(=O)NCC(c2cccnc2)S(=O)(=O)c2ccccc2)C1. The van der Waals surface area contributed by atoms with Gasteiger partial charge in [-0.2, -0.15) is 0 Å². The molecule has 0 saturated carbocycles. The lowest BCUT2D eigenvalue weighted by Gasteiger charge is -2.21. The molecule has 3 atom stereocenters. The monoisotopic (exact) mass is 460 g/mol. The van der Waals surface area contributed by atoms with Crippen molar-refractivity contribution >= 4 is 29.7 Å². The number of aliphatic hydroxyl groups excluding tert-OH is 1. The van der Waals surface area contributed by atoms with Crippen LogP contribution in [0.15, 0.2) is 59.8 Å². The average Bonchev–Trinajstić information content (AvgIpc) is 2.96. The van der Waals surface area contributed by atoms with Crippen LogP contribution in [0.5, 0.6) is 0 Å². The van der Waals surface area contributed by atoms with E-state index in [1.807, 2.05) is 0 Å². The topological polar surface area (TPSA) is 148 Å². The number of sulfonamides is 1. The molecule has 1 aromatic heterocycles. The largest absolute Gasteiger partial charge is 0.391 e. The summed E-state index contributed by atoms with van der Waals surface area (Å²) in [6.07, 6.45) is 1.22. The minimum Gasteiger partial charge on any atom is -0.391 e. The van der Waals surface area contributed by atoms with Gasteiger partial charge in [0.05, 0.1) is 22.5 Å². The van der Waals surface area contributed by atoms with Crippen LogP contribution < -0.4 is 4.72 Å². The molecule has 0 amide bonds. The second kappa shape index (κ2) is 8.11. The average molecular weight is 461 g/mol. The Morgan fingerprint density at radius 1 is 1.07 bits per heavy atom. The summed E-state index contributed by atoms with van der Waals surface area (Å²) < 4.78 is 76.9. The van der Waals surface area contributed by atoms with Crippen LogP contribution in [-0.2, 0) is 29.7 Å². The Bertz CT molecular complexity index is 1170. The van der Waals surface area contributed by atoms with Crippen LogP contribution in [0, 0.1) is 0 Å². The number of hydrogen-bond acceptors (Lipinski definition) is 8.